The van der Waals surface area contributed by atoms with Gasteiger partial charge in [-0.05, 0) is 19.3 Å². The molecule has 1 N–H and O–H groups in total. The zero-order valence-corrected chi connectivity index (χ0v) is 9.06. The van der Waals surface area contributed by atoms with Gasteiger partial charge in [-0.3, -0.25) is 4.79 Å². The van der Waals surface area contributed by atoms with E-state index in [9.17, 15) is 4.79 Å². The minimum Gasteiger partial charge on any atom is -0.354 e. The van der Waals surface area contributed by atoms with Crippen LogP contribution in [0.3, 0.4) is 0 Å². The van der Waals surface area contributed by atoms with Crippen molar-refractivity contribution in [3.8, 4) is 0 Å². The minimum absolute atomic E-state index is 0.0545. The molecule has 1 atom stereocenters. The molecular formula is C10H21NO. The smallest absolute Gasteiger partial charge is 0.223 e. The number of hydrogen-bond acceptors (Lipinski definition) is 1. The van der Waals surface area contributed by atoms with Gasteiger partial charge in [-0.25, -0.2) is 0 Å². The van der Waals surface area contributed by atoms with Crippen LogP contribution in [-0.2, 0) is 4.79 Å². The molecule has 0 unspecified atom stereocenters. The Bertz CT molecular complexity index is 156. The molecule has 0 aromatic rings. The first-order valence-electron chi connectivity index (χ1n) is 4.55. The van der Waals surface area contributed by atoms with Gasteiger partial charge < -0.3 is 5.32 Å². The van der Waals surface area contributed by atoms with Gasteiger partial charge in [0.2, 0.25) is 5.91 Å². The van der Waals surface area contributed by atoms with E-state index in [1.54, 1.807) is 0 Å². The summed E-state index contributed by atoms with van der Waals surface area (Å²) in [5.74, 6) is 0.220. The number of carbonyl (C=O) groups excluding carboxylic acids is 1. The average Bonchev–Trinajstić information content (AvgIpc) is 1.82. The van der Waals surface area contributed by atoms with Gasteiger partial charge in [-0.15, -0.1) is 0 Å². The maximum atomic E-state index is 11.5. The van der Waals surface area contributed by atoms with Crippen molar-refractivity contribution >= 4 is 5.91 Å². The number of hydrogen-bond donors (Lipinski definition) is 1. The summed E-state index contributed by atoms with van der Waals surface area (Å²) in [6.07, 6.45) is 0. The summed E-state index contributed by atoms with van der Waals surface area (Å²) in [7, 11) is 0. The van der Waals surface area contributed by atoms with E-state index in [4.69, 9.17) is 0 Å². The molecule has 0 bridgehead atoms. The van der Waals surface area contributed by atoms with E-state index in [2.05, 4.69) is 26.1 Å². The summed E-state index contributed by atoms with van der Waals surface area (Å²) in [5, 5.41) is 2.91. The molecular weight excluding hydrogens is 150 g/mol. The minimum atomic E-state index is 0.0545. The Morgan fingerprint density at radius 2 is 1.58 bits per heavy atom. The second-order valence-corrected chi connectivity index (χ2v) is 4.75. The quantitative estimate of drug-likeness (QED) is 0.678. The zero-order chi connectivity index (χ0) is 9.94. The van der Waals surface area contributed by atoms with E-state index in [0.717, 1.165) is 0 Å². The van der Waals surface area contributed by atoms with Crippen LogP contribution in [0.15, 0.2) is 0 Å². The van der Waals surface area contributed by atoms with Crippen LogP contribution in [0.4, 0.5) is 0 Å². The number of rotatable bonds is 2. The van der Waals surface area contributed by atoms with Gasteiger partial charge >= 0.3 is 0 Å². The lowest BCUT2D eigenvalue weighted by molar-refractivity contribution is -0.128. The number of nitrogens with one attached hydrogen (secondary N) is 1. The highest BCUT2D eigenvalue weighted by molar-refractivity contribution is 5.79. The van der Waals surface area contributed by atoms with E-state index in [1.165, 1.54) is 0 Å². The molecule has 2 nitrogen and oxygen atoms in total. The van der Waals surface area contributed by atoms with Crippen molar-refractivity contribution in [3.63, 3.8) is 0 Å². The summed E-state index contributed by atoms with van der Waals surface area (Å²) < 4.78 is 0. The van der Waals surface area contributed by atoms with Crippen molar-refractivity contribution in [1.29, 1.82) is 0 Å². The van der Waals surface area contributed by atoms with Gasteiger partial charge in [0.25, 0.3) is 0 Å². The molecule has 1 amide bonds. The fraction of sp³-hybridized carbons (Fsp3) is 0.900. The Morgan fingerprint density at radius 1 is 1.17 bits per heavy atom. The second kappa shape index (κ2) is 3.92. The Labute approximate surface area is 75.7 Å². The highest BCUT2D eigenvalue weighted by atomic mass is 16.1. The van der Waals surface area contributed by atoms with Crippen molar-refractivity contribution in [2.45, 2.75) is 47.6 Å². The molecule has 0 aliphatic heterocycles. The topological polar surface area (TPSA) is 29.1 Å². The third-order valence-electron chi connectivity index (χ3n) is 2.12. The average molecular weight is 171 g/mol. The van der Waals surface area contributed by atoms with Crippen LogP contribution in [0.25, 0.3) is 0 Å². The van der Waals surface area contributed by atoms with Crippen LogP contribution in [-0.4, -0.2) is 11.9 Å². The monoisotopic (exact) mass is 171 g/mol. The fourth-order valence-electron chi connectivity index (χ4n) is 0.803. The summed E-state index contributed by atoms with van der Waals surface area (Å²) in [4.78, 5) is 11.5. The lowest BCUT2D eigenvalue weighted by Gasteiger charge is -2.26. The second-order valence-electron chi connectivity index (χ2n) is 4.75. The zero-order valence-electron chi connectivity index (χ0n) is 9.06. The van der Waals surface area contributed by atoms with E-state index in [0.29, 0.717) is 0 Å². The molecule has 0 aromatic heterocycles. The van der Waals surface area contributed by atoms with Gasteiger partial charge in [0.05, 0.1) is 0 Å². The first-order chi connectivity index (χ1) is 5.25. The molecule has 0 heterocycles. The largest absolute Gasteiger partial charge is 0.354 e. The Morgan fingerprint density at radius 3 is 1.83 bits per heavy atom. The molecule has 0 aliphatic rings. The first-order valence-corrected chi connectivity index (χ1v) is 4.55. The van der Waals surface area contributed by atoms with E-state index in [1.807, 2.05) is 20.8 Å². The van der Waals surface area contributed by atoms with Crippen molar-refractivity contribution in [2.24, 2.45) is 11.3 Å². The molecule has 0 spiro atoms. The Balaban J connectivity index is 4.12. The van der Waals surface area contributed by atoms with E-state index < -0.39 is 0 Å². The number of amides is 1. The SMILES string of the molecule is CC(C)NC(=O)[C@H](C)C(C)(C)C. The molecule has 0 radical (unpaired) electrons. The lowest BCUT2D eigenvalue weighted by atomic mass is 9.81. The van der Waals surface area contributed by atoms with Gasteiger partial charge in [-0.1, -0.05) is 27.7 Å². The van der Waals surface area contributed by atoms with Gasteiger partial charge in [-0.2, -0.15) is 0 Å². The predicted octanol–water partition coefficient (Wildman–Crippen LogP) is 2.19. The summed E-state index contributed by atoms with van der Waals surface area (Å²) in [6, 6.07) is 0.238. The first kappa shape index (κ1) is 11.5. The summed E-state index contributed by atoms with van der Waals surface area (Å²) in [5.41, 5.74) is 0.0545. The van der Waals surface area contributed by atoms with Crippen LogP contribution in [0.5, 0.6) is 0 Å². The molecule has 0 aromatic carbocycles. The normalized spacial score (nSPS) is 14.6. The molecule has 0 fully saturated rings. The van der Waals surface area contributed by atoms with Gasteiger partial charge in [0.15, 0.2) is 0 Å². The lowest BCUT2D eigenvalue weighted by Crippen LogP contribution is -2.39. The summed E-state index contributed by atoms with van der Waals surface area (Å²) in [6.45, 7) is 12.2. The van der Waals surface area contributed by atoms with Crippen molar-refractivity contribution in [2.75, 3.05) is 0 Å². The molecule has 0 rings (SSSR count). The predicted molar refractivity (Wildman–Crippen MR) is 51.9 cm³/mol. The van der Waals surface area contributed by atoms with Crippen LogP contribution in [0.1, 0.15) is 41.5 Å². The Hall–Kier alpha value is -0.530. The molecule has 0 aliphatic carbocycles. The highest BCUT2D eigenvalue weighted by Crippen LogP contribution is 2.25. The van der Waals surface area contributed by atoms with Crippen molar-refractivity contribution < 1.29 is 4.79 Å². The van der Waals surface area contributed by atoms with Gasteiger partial charge in [0.1, 0.15) is 0 Å². The Kier molecular flexibility index (Phi) is 3.75. The van der Waals surface area contributed by atoms with Crippen molar-refractivity contribution in [1.82, 2.24) is 5.32 Å². The standard InChI is InChI=1S/C10H21NO/c1-7(2)11-9(12)8(3)10(4,5)6/h7-8H,1-6H3,(H,11,12)/t8-/m0/s1. The third kappa shape index (κ3) is 3.74. The van der Waals surface area contributed by atoms with Gasteiger partial charge in [0, 0.05) is 12.0 Å². The van der Waals surface area contributed by atoms with E-state index >= 15 is 0 Å². The van der Waals surface area contributed by atoms with Crippen LogP contribution in [0, 0.1) is 11.3 Å². The third-order valence-corrected chi connectivity index (χ3v) is 2.12. The highest BCUT2D eigenvalue weighted by Gasteiger charge is 2.26. The maximum absolute atomic E-state index is 11.5. The fourth-order valence-corrected chi connectivity index (χ4v) is 0.803. The maximum Gasteiger partial charge on any atom is 0.223 e. The molecule has 2 heteroatoms. The molecule has 72 valence electrons. The van der Waals surface area contributed by atoms with Crippen molar-refractivity contribution in [3.05, 3.63) is 0 Å². The number of carbonyl (C=O) groups is 1. The van der Waals surface area contributed by atoms with Crippen LogP contribution in [0.2, 0.25) is 0 Å². The molecule has 12 heavy (non-hydrogen) atoms. The molecule has 0 saturated carbocycles. The van der Waals surface area contributed by atoms with E-state index in [-0.39, 0.29) is 23.3 Å². The summed E-state index contributed by atoms with van der Waals surface area (Å²) >= 11 is 0. The molecule has 0 saturated heterocycles. The van der Waals surface area contributed by atoms with Crippen LogP contribution >= 0.6 is 0 Å². The van der Waals surface area contributed by atoms with Crippen LogP contribution < -0.4 is 5.32 Å².